The van der Waals surface area contributed by atoms with Crippen LogP contribution in [0.25, 0.3) is 0 Å². The maximum Gasteiger partial charge on any atom is 0.264 e. The van der Waals surface area contributed by atoms with E-state index in [4.69, 9.17) is 21.1 Å². The predicted octanol–water partition coefficient (Wildman–Crippen LogP) is 5.25. The molecule has 0 spiro atoms. The van der Waals surface area contributed by atoms with Gasteiger partial charge in [-0.15, -0.1) is 0 Å². The third-order valence-electron chi connectivity index (χ3n) is 7.30. The number of nitrogens with one attached hydrogen (secondary N) is 1. The van der Waals surface area contributed by atoms with Gasteiger partial charge in [-0.2, -0.15) is 0 Å². The Morgan fingerprint density at radius 1 is 0.844 bits per heavy atom. The van der Waals surface area contributed by atoms with Gasteiger partial charge in [0.15, 0.2) is 11.5 Å². The monoisotopic (exact) mass is 649 g/mol. The molecule has 0 saturated heterocycles. The van der Waals surface area contributed by atoms with E-state index >= 15 is 0 Å². The standard InChI is InChI=1S/C34H36ClN3O6S/c1-24-13-16-29(17-14-24)45(41,42)38(28-15-18-31(43-3)32(21-28)44-4)23-33(39)37(22-26-11-8-12-27(35)19-26)30(34(40)36-2)20-25-9-6-5-7-10-25/h5-19,21,30H,20,22-23H2,1-4H3,(H,36,40). The fourth-order valence-corrected chi connectivity index (χ4v) is 6.52. The van der Waals surface area contributed by atoms with Crippen LogP contribution in [0.5, 0.6) is 11.5 Å². The fraction of sp³-hybridized carbons (Fsp3) is 0.235. The van der Waals surface area contributed by atoms with Gasteiger partial charge in [0.2, 0.25) is 11.8 Å². The van der Waals surface area contributed by atoms with E-state index in [1.165, 1.54) is 44.4 Å². The van der Waals surface area contributed by atoms with Crippen LogP contribution in [-0.2, 0) is 32.6 Å². The molecule has 45 heavy (non-hydrogen) atoms. The highest BCUT2D eigenvalue weighted by Crippen LogP contribution is 2.34. The Kier molecular flexibility index (Phi) is 11.1. The van der Waals surface area contributed by atoms with Gasteiger partial charge in [0.25, 0.3) is 10.0 Å². The normalized spacial score (nSPS) is 11.8. The molecule has 0 aliphatic heterocycles. The average molecular weight is 650 g/mol. The molecule has 236 valence electrons. The number of methoxy groups -OCH3 is 2. The van der Waals surface area contributed by atoms with Gasteiger partial charge in [0.1, 0.15) is 12.6 Å². The van der Waals surface area contributed by atoms with Gasteiger partial charge in [-0.05, 0) is 54.4 Å². The summed E-state index contributed by atoms with van der Waals surface area (Å²) in [5.41, 5.74) is 2.57. The largest absolute Gasteiger partial charge is 0.493 e. The zero-order valence-electron chi connectivity index (χ0n) is 25.6. The second-order valence-electron chi connectivity index (χ2n) is 10.3. The zero-order valence-corrected chi connectivity index (χ0v) is 27.1. The quantitative estimate of drug-likeness (QED) is 0.212. The third-order valence-corrected chi connectivity index (χ3v) is 9.33. The summed E-state index contributed by atoms with van der Waals surface area (Å²) < 4.78 is 40.2. The van der Waals surface area contributed by atoms with Gasteiger partial charge < -0.3 is 19.7 Å². The number of likely N-dealkylation sites (N-methyl/N-ethyl adjacent to an activating group) is 1. The molecule has 0 aliphatic rings. The van der Waals surface area contributed by atoms with Gasteiger partial charge in [0.05, 0.1) is 24.8 Å². The van der Waals surface area contributed by atoms with Crippen molar-refractivity contribution in [3.8, 4) is 11.5 Å². The number of carbonyl (C=O) groups excluding carboxylic acids is 2. The fourth-order valence-electron chi connectivity index (χ4n) is 4.90. The highest BCUT2D eigenvalue weighted by atomic mass is 35.5. The number of benzene rings is 4. The van der Waals surface area contributed by atoms with Gasteiger partial charge in [-0.1, -0.05) is 71.8 Å². The number of carbonyl (C=O) groups is 2. The number of hydrogen-bond donors (Lipinski definition) is 1. The van der Waals surface area contributed by atoms with E-state index in [0.29, 0.717) is 16.3 Å². The molecular weight excluding hydrogens is 614 g/mol. The highest BCUT2D eigenvalue weighted by Gasteiger charge is 2.34. The molecule has 1 N–H and O–H groups in total. The summed E-state index contributed by atoms with van der Waals surface area (Å²) in [5.74, 6) is -0.307. The number of halogens is 1. The lowest BCUT2D eigenvalue weighted by molar-refractivity contribution is -0.139. The number of amides is 2. The molecular formula is C34H36ClN3O6S. The van der Waals surface area contributed by atoms with Gasteiger partial charge >= 0.3 is 0 Å². The maximum atomic E-state index is 14.4. The van der Waals surface area contributed by atoms with Gasteiger partial charge in [-0.25, -0.2) is 8.42 Å². The van der Waals surface area contributed by atoms with Crippen molar-refractivity contribution in [1.82, 2.24) is 10.2 Å². The summed E-state index contributed by atoms with van der Waals surface area (Å²) in [6.07, 6.45) is 0.202. The third kappa shape index (κ3) is 8.14. The van der Waals surface area contributed by atoms with Crippen molar-refractivity contribution in [3.05, 3.63) is 119 Å². The van der Waals surface area contributed by atoms with Crippen LogP contribution in [0.2, 0.25) is 5.02 Å². The van der Waals surface area contributed by atoms with E-state index in [0.717, 1.165) is 15.4 Å². The summed E-state index contributed by atoms with van der Waals surface area (Å²) in [7, 11) is 0.148. The molecule has 0 aromatic heterocycles. The molecule has 0 radical (unpaired) electrons. The first-order chi connectivity index (χ1) is 21.6. The first kappa shape index (κ1) is 33.4. The van der Waals surface area contributed by atoms with E-state index in [1.807, 2.05) is 37.3 Å². The minimum atomic E-state index is -4.27. The van der Waals surface area contributed by atoms with Crippen LogP contribution in [0.4, 0.5) is 5.69 Å². The Bertz CT molecular complexity index is 1730. The molecule has 4 aromatic carbocycles. The molecule has 4 rings (SSSR count). The Morgan fingerprint density at radius 2 is 1.51 bits per heavy atom. The summed E-state index contributed by atoms with van der Waals surface area (Å²) in [6, 6.07) is 26.3. The second kappa shape index (κ2) is 15.0. The van der Waals surface area contributed by atoms with Crippen LogP contribution >= 0.6 is 11.6 Å². The number of anilines is 1. The molecule has 9 nitrogen and oxygen atoms in total. The molecule has 11 heteroatoms. The van der Waals surface area contributed by atoms with Crippen molar-refractivity contribution < 1.29 is 27.5 Å². The van der Waals surface area contributed by atoms with Crippen LogP contribution in [-0.4, -0.2) is 59.0 Å². The minimum Gasteiger partial charge on any atom is -0.493 e. The van der Waals surface area contributed by atoms with Crippen LogP contribution in [0, 0.1) is 6.92 Å². The summed E-state index contributed by atoms with van der Waals surface area (Å²) in [4.78, 5) is 29.2. The Hall–Kier alpha value is -4.54. The molecule has 0 fully saturated rings. The number of hydrogen-bond acceptors (Lipinski definition) is 6. The van der Waals surface area contributed by atoms with Crippen molar-refractivity contribution in [2.45, 2.75) is 30.8 Å². The van der Waals surface area contributed by atoms with E-state index in [1.54, 1.807) is 48.5 Å². The first-order valence-corrected chi connectivity index (χ1v) is 16.0. The average Bonchev–Trinajstić information content (AvgIpc) is 3.05. The predicted molar refractivity (Wildman–Crippen MR) is 175 cm³/mol. The lowest BCUT2D eigenvalue weighted by Crippen LogP contribution is -2.53. The van der Waals surface area contributed by atoms with Crippen LogP contribution < -0.4 is 19.1 Å². The van der Waals surface area contributed by atoms with Crippen molar-refractivity contribution in [2.75, 3.05) is 32.1 Å². The summed E-state index contributed by atoms with van der Waals surface area (Å²) >= 11 is 6.27. The van der Waals surface area contributed by atoms with Crippen LogP contribution in [0.3, 0.4) is 0 Å². The summed E-state index contributed by atoms with van der Waals surface area (Å²) in [6.45, 7) is 1.26. The number of rotatable bonds is 13. The van der Waals surface area contributed by atoms with E-state index in [-0.39, 0.29) is 29.3 Å². The topological polar surface area (TPSA) is 105 Å². The number of aryl methyl sites for hydroxylation is 1. The molecule has 4 aromatic rings. The van der Waals surface area contributed by atoms with E-state index in [2.05, 4.69) is 5.32 Å². The van der Waals surface area contributed by atoms with Crippen molar-refractivity contribution in [2.24, 2.45) is 0 Å². The molecule has 0 bridgehead atoms. The smallest absolute Gasteiger partial charge is 0.264 e. The maximum absolute atomic E-state index is 14.4. The molecule has 1 unspecified atom stereocenters. The van der Waals surface area contributed by atoms with E-state index < -0.39 is 34.4 Å². The molecule has 0 aliphatic carbocycles. The Labute approximate surface area is 269 Å². The number of nitrogens with zero attached hydrogens (tertiary/aromatic N) is 2. The van der Waals surface area contributed by atoms with Crippen molar-refractivity contribution in [3.63, 3.8) is 0 Å². The zero-order chi connectivity index (χ0) is 32.6. The Balaban J connectivity index is 1.83. The minimum absolute atomic E-state index is 0.00390. The summed E-state index contributed by atoms with van der Waals surface area (Å²) in [5, 5.41) is 3.14. The van der Waals surface area contributed by atoms with Crippen LogP contribution in [0.15, 0.2) is 102 Å². The van der Waals surface area contributed by atoms with Crippen LogP contribution in [0.1, 0.15) is 16.7 Å². The SMILES string of the molecule is CNC(=O)C(Cc1ccccc1)N(Cc1cccc(Cl)c1)C(=O)CN(c1ccc(OC)c(OC)c1)S(=O)(=O)c1ccc(C)cc1. The molecule has 2 amide bonds. The number of ether oxygens (including phenoxy) is 2. The van der Waals surface area contributed by atoms with E-state index in [9.17, 15) is 18.0 Å². The lowest BCUT2D eigenvalue weighted by atomic mass is 10.0. The molecule has 0 saturated carbocycles. The number of sulfonamides is 1. The Morgan fingerprint density at radius 3 is 2.13 bits per heavy atom. The lowest BCUT2D eigenvalue weighted by Gasteiger charge is -2.33. The van der Waals surface area contributed by atoms with Crippen molar-refractivity contribution in [1.29, 1.82) is 0 Å². The van der Waals surface area contributed by atoms with Gasteiger partial charge in [0, 0.05) is 31.1 Å². The highest BCUT2D eigenvalue weighted by molar-refractivity contribution is 7.92. The molecule has 1 atom stereocenters. The first-order valence-electron chi connectivity index (χ1n) is 14.2. The molecule has 0 heterocycles. The van der Waals surface area contributed by atoms with Crippen molar-refractivity contribution >= 4 is 39.1 Å². The van der Waals surface area contributed by atoms with Gasteiger partial charge in [-0.3, -0.25) is 13.9 Å². The second-order valence-corrected chi connectivity index (χ2v) is 12.6.